The van der Waals surface area contributed by atoms with Gasteiger partial charge in [-0.15, -0.1) is 0 Å². The van der Waals surface area contributed by atoms with E-state index in [1.165, 1.54) is 0 Å². The summed E-state index contributed by atoms with van der Waals surface area (Å²) < 4.78 is 11.6. The van der Waals surface area contributed by atoms with Gasteiger partial charge >= 0.3 is 6.09 Å². The highest BCUT2D eigenvalue weighted by molar-refractivity contribution is 5.84. The zero-order valence-corrected chi connectivity index (χ0v) is 19.7. The van der Waals surface area contributed by atoms with E-state index in [1.807, 2.05) is 51.1 Å². The molecule has 0 fully saturated rings. The minimum absolute atomic E-state index is 0.203. The Morgan fingerprint density at radius 1 is 1.15 bits per heavy atom. The number of para-hydroxylation sites is 1. The maximum atomic E-state index is 13.5. The molecule has 9 heteroatoms. The first kappa shape index (κ1) is 26.5. The number of nitrogens with zero attached hydrogens (tertiary/aromatic N) is 2. The minimum atomic E-state index is -1.06. The highest BCUT2D eigenvalue weighted by Crippen LogP contribution is 2.22. The Labute approximate surface area is 195 Å². The van der Waals surface area contributed by atoms with Crippen molar-refractivity contribution in [2.24, 2.45) is 5.73 Å². The monoisotopic (exact) mass is 460 g/mol. The lowest BCUT2D eigenvalue weighted by molar-refractivity contribution is -0.179. The molecule has 0 spiro atoms. The minimum Gasteiger partial charge on any atom is -0.465 e. The van der Waals surface area contributed by atoms with Crippen molar-refractivity contribution in [3.63, 3.8) is 0 Å². The number of rotatable bonds is 14. The van der Waals surface area contributed by atoms with E-state index in [0.29, 0.717) is 45.6 Å². The van der Waals surface area contributed by atoms with Crippen LogP contribution in [0.15, 0.2) is 36.5 Å². The van der Waals surface area contributed by atoms with E-state index in [0.717, 1.165) is 16.5 Å². The molecule has 0 radical (unpaired) electrons. The van der Waals surface area contributed by atoms with E-state index in [9.17, 15) is 9.59 Å². The lowest BCUT2D eigenvalue weighted by Crippen LogP contribution is -2.52. The number of unbranched alkanes of at least 4 members (excludes halogenated alkanes) is 1. The number of amides is 2. The van der Waals surface area contributed by atoms with Crippen LogP contribution in [0.25, 0.3) is 10.9 Å². The SMILES string of the molecule is CCOC(OCC)[C@H](C)N(Cc1cccc2cccnc12)C(=O)[C@@H](N)CCCCNC(=O)O. The molecule has 1 heterocycles. The van der Waals surface area contributed by atoms with Crippen LogP contribution in [0.1, 0.15) is 45.6 Å². The number of benzene rings is 1. The van der Waals surface area contributed by atoms with Gasteiger partial charge in [0.05, 0.1) is 17.6 Å². The van der Waals surface area contributed by atoms with E-state index >= 15 is 0 Å². The van der Waals surface area contributed by atoms with E-state index in [1.54, 1.807) is 11.1 Å². The molecule has 33 heavy (non-hydrogen) atoms. The highest BCUT2D eigenvalue weighted by atomic mass is 16.7. The summed E-state index contributed by atoms with van der Waals surface area (Å²) >= 11 is 0. The molecule has 0 bridgehead atoms. The molecular weight excluding hydrogens is 424 g/mol. The van der Waals surface area contributed by atoms with Crippen LogP contribution in [0.5, 0.6) is 0 Å². The smallest absolute Gasteiger partial charge is 0.404 e. The van der Waals surface area contributed by atoms with Crippen LogP contribution in [0.2, 0.25) is 0 Å². The summed E-state index contributed by atoms with van der Waals surface area (Å²) in [5.74, 6) is -0.203. The first-order valence-corrected chi connectivity index (χ1v) is 11.5. The topological polar surface area (TPSA) is 127 Å². The number of ether oxygens (including phenoxy) is 2. The fraction of sp³-hybridized carbons (Fsp3) is 0.542. The Morgan fingerprint density at radius 3 is 2.52 bits per heavy atom. The summed E-state index contributed by atoms with van der Waals surface area (Å²) in [5.41, 5.74) is 8.04. The number of hydrogen-bond acceptors (Lipinski definition) is 6. The number of pyridine rings is 1. The molecular formula is C24H36N4O5. The second-order valence-electron chi connectivity index (χ2n) is 7.81. The van der Waals surface area contributed by atoms with E-state index in [2.05, 4.69) is 10.3 Å². The van der Waals surface area contributed by atoms with E-state index in [4.69, 9.17) is 20.3 Å². The molecule has 0 aliphatic rings. The van der Waals surface area contributed by atoms with Gasteiger partial charge in [0.1, 0.15) is 0 Å². The number of hydrogen-bond donors (Lipinski definition) is 3. The van der Waals surface area contributed by atoms with Crippen LogP contribution >= 0.6 is 0 Å². The van der Waals surface area contributed by atoms with Crippen molar-refractivity contribution in [2.45, 2.75) is 65.0 Å². The third kappa shape index (κ3) is 7.96. The summed E-state index contributed by atoms with van der Waals surface area (Å²) in [6.45, 7) is 7.22. The van der Waals surface area contributed by atoms with Gasteiger partial charge in [0.15, 0.2) is 6.29 Å². The van der Waals surface area contributed by atoms with Gasteiger partial charge in [0, 0.05) is 37.9 Å². The van der Waals surface area contributed by atoms with Crippen molar-refractivity contribution in [2.75, 3.05) is 19.8 Å². The number of nitrogens with one attached hydrogen (secondary N) is 1. The quantitative estimate of drug-likeness (QED) is 0.292. The van der Waals surface area contributed by atoms with Crippen molar-refractivity contribution in [1.29, 1.82) is 0 Å². The number of nitrogens with two attached hydrogens (primary N) is 1. The number of fused-ring (bicyclic) bond motifs is 1. The Hall–Kier alpha value is -2.75. The predicted octanol–water partition coefficient (Wildman–Crippen LogP) is 3.12. The second-order valence-corrected chi connectivity index (χ2v) is 7.81. The molecule has 1 aromatic heterocycles. The predicted molar refractivity (Wildman–Crippen MR) is 127 cm³/mol. The summed E-state index contributed by atoms with van der Waals surface area (Å²) in [4.78, 5) is 30.3. The van der Waals surface area contributed by atoms with Crippen LogP contribution in [-0.2, 0) is 20.8 Å². The van der Waals surface area contributed by atoms with Gasteiger partial charge in [-0.1, -0.05) is 24.3 Å². The van der Waals surface area contributed by atoms with Crippen molar-refractivity contribution in [3.8, 4) is 0 Å². The molecule has 182 valence electrons. The van der Waals surface area contributed by atoms with Crippen LogP contribution in [0.4, 0.5) is 4.79 Å². The summed E-state index contributed by atoms with van der Waals surface area (Å²) in [7, 11) is 0. The van der Waals surface area contributed by atoms with Gasteiger partial charge in [-0.2, -0.15) is 0 Å². The normalized spacial score (nSPS) is 13.1. The van der Waals surface area contributed by atoms with Gasteiger partial charge in [-0.05, 0) is 51.7 Å². The molecule has 0 saturated heterocycles. The molecule has 4 N–H and O–H groups in total. The fourth-order valence-corrected chi connectivity index (χ4v) is 3.72. The molecule has 2 atom stereocenters. The molecule has 9 nitrogen and oxygen atoms in total. The van der Waals surface area contributed by atoms with Crippen LogP contribution in [0.3, 0.4) is 0 Å². The average Bonchev–Trinajstić information content (AvgIpc) is 2.81. The van der Waals surface area contributed by atoms with Crippen LogP contribution in [-0.4, -0.2) is 65.1 Å². The van der Waals surface area contributed by atoms with Crippen molar-refractivity contribution in [1.82, 2.24) is 15.2 Å². The summed E-state index contributed by atoms with van der Waals surface area (Å²) in [5, 5.41) is 12.0. The Bertz CT molecular complexity index is 883. The summed E-state index contributed by atoms with van der Waals surface area (Å²) in [6, 6.07) is 8.67. The lowest BCUT2D eigenvalue weighted by atomic mass is 10.0. The van der Waals surface area contributed by atoms with Gasteiger partial charge in [-0.25, -0.2) is 4.79 Å². The van der Waals surface area contributed by atoms with E-state index in [-0.39, 0.29) is 11.9 Å². The molecule has 1 aromatic carbocycles. The standard InChI is InChI=1S/C24H36N4O5/c1-4-32-23(33-5-2)17(3)28(22(29)20(25)13-6-7-14-27-24(30)31)16-19-11-8-10-18-12-9-15-26-21(18)19/h8-12,15,17,20,23,27H,4-7,13-14,16,25H2,1-3H3,(H,30,31)/t17-,20-/m0/s1. The van der Waals surface area contributed by atoms with E-state index < -0.39 is 18.4 Å². The number of carbonyl (C=O) groups excluding carboxylic acids is 1. The van der Waals surface area contributed by atoms with Crippen molar-refractivity contribution < 1.29 is 24.2 Å². The van der Waals surface area contributed by atoms with Gasteiger partial charge in [-0.3, -0.25) is 9.78 Å². The lowest BCUT2D eigenvalue weighted by Gasteiger charge is -2.36. The average molecular weight is 461 g/mol. The highest BCUT2D eigenvalue weighted by Gasteiger charge is 2.31. The Kier molecular flexibility index (Phi) is 11.0. The first-order valence-electron chi connectivity index (χ1n) is 11.5. The molecule has 2 amide bonds. The van der Waals surface area contributed by atoms with Crippen molar-refractivity contribution >= 4 is 22.9 Å². The van der Waals surface area contributed by atoms with Crippen LogP contribution < -0.4 is 11.1 Å². The summed E-state index contributed by atoms with van der Waals surface area (Å²) in [6.07, 6.45) is 1.78. The molecule has 0 saturated carbocycles. The maximum Gasteiger partial charge on any atom is 0.404 e. The molecule has 0 aliphatic heterocycles. The van der Waals surface area contributed by atoms with Gasteiger partial charge in [0.2, 0.25) is 5.91 Å². The molecule has 2 aromatic rings. The third-order valence-electron chi connectivity index (χ3n) is 5.42. The molecule has 0 unspecified atom stereocenters. The Balaban J connectivity index is 2.22. The van der Waals surface area contributed by atoms with Crippen LogP contribution in [0, 0.1) is 0 Å². The largest absolute Gasteiger partial charge is 0.465 e. The maximum absolute atomic E-state index is 13.5. The fourth-order valence-electron chi connectivity index (χ4n) is 3.72. The zero-order chi connectivity index (χ0) is 24.2. The van der Waals surface area contributed by atoms with Gasteiger partial charge < -0.3 is 30.5 Å². The zero-order valence-electron chi connectivity index (χ0n) is 19.7. The number of aromatic nitrogens is 1. The first-order chi connectivity index (χ1) is 15.9. The number of carboxylic acid groups (broad SMARTS) is 1. The second kappa shape index (κ2) is 13.7. The molecule has 0 aliphatic carbocycles. The van der Waals surface area contributed by atoms with Gasteiger partial charge in [0.25, 0.3) is 0 Å². The molecule has 2 rings (SSSR count). The Morgan fingerprint density at radius 2 is 1.85 bits per heavy atom. The third-order valence-corrected chi connectivity index (χ3v) is 5.42. The number of carbonyl (C=O) groups is 2. The van der Waals surface area contributed by atoms with Crippen molar-refractivity contribution in [3.05, 3.63) is 42.1 Å².